The van der Waals surface area contributed by atoms with E-state index in [0.717, 1.165) is 44.1 Å². The standard InChI is InChI=1S/C18H20ClN3O2/c19-14-7-5-12(6-8-14)17-21-20-16(24-17)11-22(15-9-10-15)18(23)13-3-1-2-4-13/h5-8,13,15H,1-4,9-11H2. The molecule has 1 aromatic carbocycles. The molecule has 126 valence electrons. The summed E-state index contributed by atoms with van der Waals surface area (Å²) in [5.74, 6) is 1.41. The molecule has 4 rings (SSSR count). The van der Waals surface area contributed by atoms with Crippen LogP contribution in [0.15, 0.2) is 28.7 Å². The lowest BCUT2D eigenvalue weighted by Crippen LogP contribution is -2.36. The van der Waals surface area contributed by atoms with E-state index in [4.69, 9.17) is 16.0 Å². The van der Waals surface area contributed by atoms with Crippen molar-refractivity contribution < 1.29 is 9.21 Å². The summed E-state index contributed by atoms with van der Waals surface area (Å²) in [6.45, 7) is 0.417. The van der Waals surface area contributed by atoms with Gasteiger partial charge in [0.1, 0.15) is 0 Å². The van der Waals surface area contributed by atoms with Gasteiger partial charge in [0.2, 0.25) is 17.7 Å². The fourth-order valence-electron chi connectivity index (χ4n) is 3.35. The molecule has 2 aliphatic carbocycles. The molecule has 0 atom stereocenters. The Morgan fingerprint density at radius 1 is 1.12 bits per heavy atom. The van der Waals surface area contributed by atoms with Crippen LogP contribution in [-0.2, 0) is 11.3 Å². The molecule has 0 spiro atoms. The first-order chi connectivity index (χ1) is 11.7. The lowest BCUT2D eigenvalue weighted by atomic mass is 10.1. The highest BCUT2D eigenvalue weighted by Crippen LogP contribution is 2.34. The molecule has 5 nitrogen and oxygen atoms in total. The fourth-order valence-corrected chi connectivity index (χ4v) is 3.48. The van der Waals surface area contributed by atoms with Crippen molar-refractivity contribution in [2.24, 2.45) is 5.92 Å². The molecule has 2 aliphatic rings. The summed E-state index contributed by atoms with van der Waals surface area (Å²) in [7, 11) is 0. The first-order valence-corrected chi connectivity index (χ1v) is 8.97. The quantitative estimate of drug-likeness (QED) is 0.819. The predicted molar refractivity (Wildman–Crippen MR) is 90.3 cm³/mol. The van der Waals surface area contributed by atoms with E-state index in [-0.39, 0.29) is 11.8 Å². The van der Waals surface area contributed by atoms with Gasteiger partial charge in [-0.05, 0) is 49.9 Å². The van der Waals surface area contributed by atoms with Crippen LogP contribution in [0, 0.1) is 5.92 Å². The molecular weight excluding hydrogens is 326 g/mol. The maximum Gasteiger partial charge on any atom is 0.247 e. The number of nitrogens with zero attached hydrogens (tertiary/aromatic N) is 3. The summed E-state index contributed by atoms with van der Waals surface area (Å²) in [4.78, 5) is 14.7. The third-order valence-corrected chi connectivity index (χ3v) is 5.09. The van der Waals surface area contributed by atoms with Gasteiger partial charge in [0.25, 0.3) is 0 Å². The average Bonchev–Trinajstić information content (AvgIpc) is 3.10. The van der Waals surface area contributed by atoms with Crippen LogP contribution in [0.4, 0.5) is 0 Å². The van der Waals surface area contributed by atoms with E-state index in [1.54, 1.807) is 12.1 Å². The van der Waals surface area contributed by atoms with Gasteiger partial charge in [-0.1, -0.05) is 24.4 Å². The molecule has 24 heavy (non-hydrogen) atoms. The highest BCUT2D eigenvalue weighted by Gasteiger charge is 2.37. The highest BCUT2D eigenvalue weighted by molar-refractivity contribution is 6.30. The third-order valence-electron chi connectivity index (χ3n) is 4.84. The van der Waals surface area contributed by atoms with E-state index in [0.29, 0.717) is 29.4 Å². The molecule has 0 saturated heterocycles. The van der Waals surface area contributed by atoms with Gasteiger partial charge >= 0.3 is 0 Å². The van der Waals surface area contributed by atoms with Crippen LogP contribution in [0.25, 0.3) is 11.5 Å². The summed E-state index contributed by atoms with van der Waals surface area (Å²) < 4.78 is 5.77. The van der Waals surface area contributed by atoms with E-state index in [2.05, 4.69) is 10.2 Å². The Morgan fingerprint density at radius 3 is 2.50 bits per heavy atom. The monoisotopic (exact) mass is 345 g/mol. The maximum absolute atomic E-state index is 12.8. The van der Waals surface area contributed by atoms with Gasteiger partial charge in [0.05, 0.1) is 6.54 Å². The lowest BCUT2D eigenvalue weighted by Gasteiger charge is -2.23. The first-order valence-electron chi connectivity index (χ1n) is 8.59. The Hall–Kier alpha value is -1.88. The van der Waals surface area contributed by atoms with Crippen molar-refractivity contribution in [1.29, 1.82) is 0 Å². The Labute approximate surface area is 146 Å². The SMILES string of the molecule is O=C(C1CCCC1)N(Cc1nnc(-c2ccc(Cl)cc2)o1)C1CC1. The normalized spacial score (nSPS) is 18.0. The van der Waals surface area contributed by atoms with E-state index in [1.165, 1.54) is 0 Å². The van der Waals surface area contributed by atoms with Crippen LogP contribution in [0.2, 0.25) is 5.02 Å². The van der Waals surface area contributed by atoms with E-state index >= 15 is 0 Å². The Balaban J connectivity index is 1.49. The summed E-state index contributed by atoms with van der Waals surface area (Å²) in [5.41, 5.74) is 0.832. The molecule has 0 aliphatic heterocycles. The Kier molecular flexibility index (Phi) is 4.27. The average molecular weight is 346 g/mol. The summed E-state index contributed by atoms with van der Waals surface area (Å²) >= 11 is 5.90. The fraction of sp³-hybridized carbons (Fsp3) is 0.500. The number of carbonyl (C=O) groups excluding carboxylic acids is 1. The molecule has 0 unspecified atom stereocenters. The van der Waals surface area contributed by atoms with Gasteiger partial charge in [0, 0.05) is 22.5 Å². The van der Waals surface area contributed by atoms with Crippen LogP contribution < -0.4 is 0 Å². The van der Waals surface area contributed by atoms with Crippen LogP contribution >= 0.6 is 11.6 Å². The Morgan fingerprint density at radius 2 is 1.83 bits per heavy atom. The zero-order valence-corrected chi connectivity index (χ0v) is 14.2. The number of amides is 1. The number of rotatable bonds is 5. The second kappa shape index (κ2) is 6.55. The lowest BCUT2D eigenvalue weighted by molar-refractivity contribution is -0.136. The van der Waals surface area contributed by atoms with E-state index < -0.39 is 0 Å². The molecule has 1 heterocycles. The molecule has 0 N–H and O–H groups in total. The third kappa shape index (κ3) is 3.31. The molecule has 6 heteroatoms. The van der Waals surface area contributed by atoms with Gasteiger partial charge in [-0.2, -0.15) is 0 Å². The van der Waals surface area contributed by atoms with Crippen molar-refractivity contribution >= 4 is 17.5 Å². The van der Waals surface area contributed by atoms with Crippen molar-refractivity contribution in [2.75, 3.05) is 0 Å². The van der Waals surface area contributed by atoms with Crippen LogP contribution in [0.1, 0.15) is 44.4 Å². The van der Waals surface area contributed by atoms with E-state index in [1.807, 2.05) is 17.0 Å². The second-order valence-corrected chi connectivity index (χ2v) is 7.12. The van der Waals surface area contributed by atoms with Gasteiger partial charge in [0.15, 0.2) is 0 Å². The van der Waals surface area contributed by atoms with Crippen LogP contribution in [0.5, 0.6) is 0 Å². The first kappa shape index (κ1) is 15.6. The second-order valence-electron chi connectivity index (χ2n) is 6.69. The summed E-state index contributed by atoms with van der Waals surface area (Å²) in [6, 6.07) is 7.63. The van der Waals surface area contributed by atoms with Crippen molar-refractivity contribution in [3.8, 4) is 11.5 Å². The topological polar surface area (TPSA) is 59.2 Å². The minimum Gasteiger partial charge on any atom is -0.419 e. The zero-order chi connectivity index (χ0) is 16.5. The van der Waals surface area contributed by atoms with Gasteiger partial charge in [-0.25, -0.2) is 0 Å². The molecule has 1 amide bonds. The Bertz CT molecular complexity index is 718. The maximum atomic E-state index is 12.8. The number of aromatic nitrogens is 2. The minimum atomic E-state index is 0.184. The van der Waals surface area contributed by atoms with E-state index in [9.17, 15) is 4.79 Å². The zero-order valence-electron chi connectivity index (χ0n) is 13.4. The highest BCUT2D eigenvalue weighted by atomic mass is 35.5. The molecule has 1 aromatic heterocycles. The molecule has 0 radical (unpaired) electrons. The molecule has 2 aromatic rings. The van der Waals surface area contributed by atoms with Gasteiger partial charge in [-0.3, -0.25) is 4.79 Å². The van der Waals surface area contributed by atoms with Crippen molar-refractivity contribution in [3.05, 3.63) is 35.2 Å². The molecule has 2 fully saturated rings. The molecular formula is C18H20ClN3O2. The number of benzene rings is 1. The van der Waals surface area contributed by atoms with Gasteiger partial charge < -0.3 is 9.32 Å². The van der Waals surface area contributed by atoms with Crippen molar-refractivity contribution in [1.82, 2.24) is 15.1 Å². The summed E-state index contributed by atoms with van der Waals surface area (Å²) in [6.07, 6.45) is 6.52. The molecule has 0 bridgehead atoms. The number of hydrogen-bond acceptors (Lipinski definition) is 4. The summed E-state index contributed by atoms with van der Waals surface area (Å²) in [5, 5.41) is 8.91. The van der Waals surface area contributed by atoms with Gasteiger partial charge in [-0.15, -0.1) is 10.2 Å². The van der Waals surface area contributed by atoms with Crippen molar-refractivity contribution in [3.63, 3.8) is 0 Å². The predicted octanol–water partition coefficient (Wildman–Crippen LogP) is 4.07. The largest absolute Gasteiger partial charge is 0.419 e. The molecule has 2 saturated carbocycles. The van der Waals surface area contributed by atoms with Crippen LogP contribution in [-0.4, -0.2) is 27.0 Å². The number of carbonyl (C=O) groups is 1. The van der Waals surface area contributed by atoms with Crippen molar-refractivity contribution in [2.45, 2.75) is 51.1 Å². The smallest absolute Gasteiger partial charge is 0.247 e. The minimum absolute atomic E-state index is 0.184. The number of hydrogen-bond donors (Lipinski definition) is 0. The van der Waals surface area contributed by atoms with Crippen LogP contribution in [0.3, 0.4) is 0 Å². The number of halogens is 1.